The second kappa shape index (κ2) is 7.27. The summed E-state index contributed by atoms with van der Waals surface area (Å²) in [5.74, 6) is 1.91. The van der Waals surface area contributed by atoms with E-state index in [1.54, 1.807) is 6.20 Å². The summed E-state index contributed by atoms with van der Waals surface area (Å²) >= 11 is 0. The first-order valence-electron chi connectivity index (χ1n) is 5.50. The summed E-state index contributed by atoms with van der Waals surface area (Å²) in [6.45, 7) is 1.59. The number of fused-ring (bicyclic) bond motifs is 2. The molecule has 4 nitrogen and oxygen atoms in total. The minimum Gasteiger partial charge on any atom is -1.00 e. The van der Waals surface area contributed by atoms with E-state index in [4.69, 9.17) is 9.26 Å². The van der Waals surface area contributed by atoms with Gasteiger partial charge in [0.25, 0.3) is 0 Å². The predicted molar refractivity (Wildman–Crippen MR) is 65.8 cm³/mol. The molecule has 1 aromatic carbocycles. The molecule has 0 unspecified atom stereocenters. The van der Waals surface area contributed by atoms with Gasteiger partial charge >= 0.3 is 18.9 Å². The molecule has 0 fully saturated rings. The van der Waals surface area contributed by atoms with Crippen LogP contribution < -0.4 is 23.6 Å². The number of hydrogen-bond donors (Lipinski definition) is 0. The Morgan fingerprint density at radius 1 is 1.33 bits per heavy atom. The van der Waals surface area contributed by atoms with E-state index in [2.05, 4.69) is 17.3 Å². The Balaban J connectivity index is 0.000000309. The van der Waals surface area contributed by atoms with Gasteiger partial charge in [0.1, 0.15) is 12.4 Å². The largest absolute Gasteiger partial charge is 1.00 e. The fourth-order valence-corrected chi connectivity index (χ4v) is 1.53. The predicted octanol–water partition coefficient (Wildman–Crippen LogP) is -0.568. The monoisotopic (exact) mass is 240 g/mol. The van der Waals surface area contributed by atoms with Gasteiger partial charge in [-0.2, -0.15) is 0 Å². The van der Waals surface area contributed by atoms with Crippen molar-refractivity contribution in [3.63, 3.8) is 0 Å². The fourth-order valence-electron chi connectivity index (χ4n) is 1.53. The molecule has 92 valence electrons. The summed E-state index contributed by atoms with van der Waals surface area (Å²) in [6, 6.07) is 9.96. The van der Waals surface area contributed by atoms with Crippen LogP contribution in [-0.4, -0.2) is 24.2 Å². The summed E-state index contributed by atoms with van der Waals surface area (Å²) in [7, 11) is 3.98. The van der Waals surface area contributed by atoms with Crippen molar-refractivity contribution < 1.29 is 29.5 Å². The molecular formula is C13H17LiN2O2. The van der Waals surface area contributed by atoms with Gasteiger partial charge in [0, 0.05) is 6.07 Å². The van der Waals surface area contributed by atoms with Gasteiger partial charge in [0.15, 0.2) is 5.76 Å². The van der Waals surface area contributed by atoms with E-state index in [1.807, 2.05) is 37.2 Å². The van der Waals surface area contributed by atoms with E-state index in [-0.39, 0.29) is 20.3 Å². The van der Waals surface area contributed by atoms with Gasteiger partial charge < -0.3 is 15.6 Å². The van der Waals surface area contributed by atoms with Crippen molar-refractivity contribution in [1.82, 2.24) is 10.1 Å². The van der Waals surface area contributed by atoms with E-state index in [1.165, 1.54) is 5.56 Å². The van der Waals surface area contributed by atoms with Gasteiger partial charge in [-0.3, -0.25) is 0 Å². The van der Waals surface area contributed by atoms with E-state index < -0.39 is 0 Å². The van der Waals surface area contributed by atoms with Crippen molar-refractivity contribution >= 4 is 0 Å². The van der Waals surface area contributed by atoms with Gasteiger partial charge in [-0.05, 0) is 31.8 Å². The molecule has 1 aliphatic heterocycles. The quantitative estimate of drug-likeness (QED) is 0.659. The van der Waals surface area contributed by atoms with Gasteiger partial charge in [-0.15, -0.1) is 0 Å². The van der Waals surface area contributed by atoms with Crippen LogP contribution in [0.25, 0.3) is 0 Å². The zero-order valence-corrected chi connectivity index (χ0v) is 11.1. The van der Waals surface area contributed by atoms with Crippen LogP contribution in [0.4, 0.5) is 0 Å². The van der Waals surface area contributed by atoms with Gasteiger partial charge in [0.05, 0.1) is 12.7 Å². The zero-order valence-electron chi connectivity index (χ0n) is 12.1. The molecule has 2 heterocycles. The molecule has 0 N–H and O–H groups in total. The number of benzene rings is 1. The Kier molecular flexibility index (Phi) is 6.00. The summed E-state index contributed by atoms with van der Waals surface area (Å²) in [6.07, 6.45) is 1.65. The third-order valence-corrected chi connectivity index (χ3v) is 2.27. The first-order chi connectivity index (χ1) is 8.24. The third kappa shape index (κ3) is 4.58. The minimum atomic E-state index is 0. The molecule has 1 aromatic heterocycles. The van der Waals surface area contributed by atoms with Crippen LogP contribution in [0, 0.1) is 0 Å². The topological polar surface area (TPSA) is 38.5 Å². The first-order valence-corrected chi connectivity index (χ1v) is 5.50. The minimum absolute atomic E-state index is 0. The Hall–Kier alpha value is -1.21. The van der Waals surface area contributed by atoms with Crippen LogP contribution in [0.2, 0.25) is 0 Å². The van der Waals surface area contributed by atoms with E-state index in [0.29, 0.717) is 0 Å². The molecule has 2 bridgehead atoms. The normalized spacial score (nSPS) is 11.3. The number of nitrogens with zero attached hydrogens (tertiary/aromatic N) is 2. The van der Waals surface area contributed by atoms with Crippen LogP contribution in [0.1, 0.15) is 12.8 Å². The van der Waals surface area contributed by atoms with Crippen molar-refractivity contribution in [2.45, 2.75) is 13.2 Å². The molecule has 0 atom stereocenters. The van der Waals surface area contributed by atoms with Gasteiger partial charge in [-0.25, -0.2) is 0 Å². The van der Waals surface area contributed by atoms with Gasteiger partial charge in [-0.1, -0.05) is 17.3 Å². The summed E-state index contributed by atoms with van der Waals surface area (Å²) < 4.78 is 10.0. The molecule has 18 heavy (non-hydrogen) atoms. The SMILES string of the molecule is CN(C)Cc1ccno1.[H-].[Li+].c1cc2cc(c1)OC2. The molecule has 0 saturated heterocycles. The average Bonchev–Trinajstić information content (AvgIpc) is 2.90. The Morgan fingerprint density at radius 2 is 2.17 bits per heavy atom. The molecule has 1 aliphatic rings. The number of ether oxygens (including phenoxy) is 1. The summed E-state index contributed by atoms with van der Waals surface area (Å²) in [4.78, 5) is 2.03. The van der Waals surface area contributed by atoms with Crippen molar-refractivity contribution in [3.05, 3.63) is 47.9 Å². The first kappa shape index (κ1) is 14.8. The maximum Gasteiger partial charge on any atom is 1.00 e. The molecule has 0 aliphatic carbocycles. The summed E-state index contributed by atoms with van der Waals surface area (Å²) in [5.41, 5.74) is 1.28. The van der Waals surface area contributed by atoms with Crippen molar-refractivity contribution in [2.24, 2.45) is 0 Å². The number of hydrogen-bond acceptors (Lipinski definition) is 4. The maximum atomic E-state index is 5.18. The fraction of sp³-hybridized carbons (Fsp3) is 0.308. The third-order valence-electron chi connectivity index (χ3n) is 2.27. The molecular weight excluding hydrogens is 223 g/mol. The van der Waals surface area contributed by atoms with Crippen molar-refractivity contribution in [2.75, 3.05) is 14.1 Å². The number of rotatable bonds is 2. The van der Waals surface area contributed by atoms with Crippen molar-refractivity contribution in [1.29, 1.82) is 0 Å². The summed E-state index contributed by atoms with van der Waals surface area (Å²) in [5, 5.41) is 3.57. The van der Waals surface area contributed by atoms with E-state index in [9.17, 15) is 0 Å². The Morgan fingerprint density at radius 3 is 2.72 bits per heavy atom. The molecule has 3 rings (SSSR count). The smallest absolute Gasteiger partial charge is 1.00 e. The standard InChI is InChI=1S/C7H6O.C6H10N2O.Li.H/c1-2-6-4-7(3-1)8-5-6;1-8(2)5-6-3-4-7-9-6;;/h1-4H,5H2;3-4H,5H2,1-2H3;;/q;;+1;-1. The molecule has 5 heteroatoms. The zero-order chi connectivity index (χ0) is 12.1. The Labute approximate surface area is 121 Å². The van der Waals surface area contributed by atoms with E-state index in [0.717, 1.165) is 24.7 Å². The molecule has 0 amide bonds. The van der Waals surface area contributed by atoms with Crippen LogP contribution in [-0.2, 0) is 13.2 Å². The maximum absolute atomic E-state index is 5.18. The van der Waals surface area contributed by atoms with E-state index >= 15 is 0 Å². The number of aromatic nitrogens is 1. The molecule has 0 saturated carbocycles. The van der Waals surface area contributed by atoms with Gasteiger partial charge in [0.2, 0.25) is 0 Å². The molecule has 0 radical (unpaired) electrons. The second-order valence-electron chi connectivity index (χ2n) is 4.15. The van der Waals surface area contributed by atoms with Crippen LogP contribution >= 0.6 is 0 Å². The van der Waals surface area contributed by atoms with Crippen LogP contribution in [0.3, 0.4) is 0 Å². The molecule has 0 spiro atoms. The van der Waals surface area contributed by atoms with Crippen LogP contribution in [0.5, 0.6) is 5.75 Å². The van der Waals surface area contributed by atoms with Crippen molar-refractivity contribution in [3.8, 4) is 5.75 Å². The Bertz CT molecular complexity index is 444. The second-order valence-corrected chi connectivity index (χ2v) is 4.15. The average molecular weight is 240 g/mol. The molecule has 2 aromatic rings. The van der Waals surface area contributed by atoms with Crippen LogP contribution in [0.15, 0.2) is 41.1 Å².